The monoisotopic (exact) mass is 690 g/mol. The van der Waals surface area contributed by atoms with Crippen LogP contribution in [0, 0.1) is 6.07 Å². The predicted octanol–water partition coefficient (Wildman–Crippen LogP) is 8.59. The van der Waals surface area contributed by atoms with Crippen molar-refractivity contribution in [3.8, 4) is 16.2 Å². The quantitative estimate of drug-likeness (QED) is 0.154. The average molecular weight is 691 g/mol. The first-order valence-corrected chi connectivity index (χ1v) is 19.5. The second kappa shape index (κ2) is 16.3. The van der Waals surface area contributed by atoms with Gasteiger partial charge in [-0.3, -0.25) is 19.3 Å². The molecule has 2 amide bonds. The van der Waals surface area contributed by atoms with Crippen molar-refractivity contribution in [2.45, 2.75) is 95.6 Å². The van der Waals surface area contributed by atoms with Crippen molar-refractivity contribution in [3.05, 3.63) is 89.0 Å². The maximum atomic E-state index is 14.3. The Kier molecular flexibility index (Phi) is 11.3. The van der Waals surface area contributed by atoms with E-state index in [4.69, 9.17) is 4.74 Å². The van der Waals surface area contributed by atoms with Gasteiger partial charge in [0.15, 0.2) is 5.78 Å². The SMILES string of the molecule is O=C(NC1CCCCC1)c1ccc(-c2sc3cc(C(=O)NC4CCCCC4)c[c]c3c2C(=O)c2ccc(OCCN3CCCCC3)cc2)cc1. The van der Waals surface area contributed by atoms with Crippen LogP contribution >= 0.6 is 11.3 Å². The first-order valence-electron chi connectivity index (χ1n) is 18.7. The highest BCUT2D eigenvalue weighted by atomic mass is 32.1. The van der Waals surface area contributed by atoms with Gasteiger partial charge in [-0.2, -0.15) is 0 Å². The van der Waals surface area contributed by atoms with Crippen LogP contribution < -0.4 is 15.4 Å². The summed E-state index contributed by atoms with van der Waals surface area (Å²) in [6, 6.07) is 22.3. The van der Waals surface area contributed by atoms with Gasteiger partial charge in [-0.05, 0) is 112 Å². The fraction of sp³-hybridized carbons (Fsp3) is 0.452. The Labute approximate surface area is 299 Å². The first kappa shape index (κ1) is 34.4. The Bertz CT molecular complexity index is 1780. The summed E-state index contributed by atoms with van der Waals surface area (Å²) in [5, 5.41) is 7.11. The van der Waals surface area contributed by atoms with E-state index in [1.165, 1.54) is 43.4 Å². The highest BCUT2D eigenvalue weighted by Crippen LogP contribution is 2.40. The number of likely N-dealkylation sites (tertiary alicyclic amines) is 1. The second-order valence-electron chi connectivity index (χ2n) is 14.2. The lowest BCUT2D eigenvalue weighted by Gasteiger charge is -2.26. The summed E-state index contributed by atoms with van der Waals surface area (Å²) in [6.07, 6.45) is 14.9. The summed E-state index contributed by atoms with van der Waals surface area (Å²) in [6.45, 7) is 3.79. The van der Waals surface area contributed by atoms with Crippen molar-refractivity contribution in [3.63, 3.8) is 0 Å². The molecule has 2 saturated carbocycles. The van der Waals surface area contributed by atoms with E-state index in [9.17, 15) is 14.4 Å². The number of hydrogen-bond acceptors (Lipinski definition) is 6. The minimum atomic E-state index is -0.110. The molecule has 3 fully saturated rings. The molecule has 1 aliphatic heterocycles. The molecule has 261 valence electrons. The van der Waals surface area contributed by atoms with Gasteiger partial charge < -0.3 is 15.4 Å². The molecule has 50 heavy (non-hydrogen) atoms. The highest BCUT2D eigenvalue weighted by Gasteiger charge is 2.24. The maximum absolute atomic E-state index is 14.3. The summed E-state index contributed by atoms with van der Waals surface area (Å²) < 4.78 is 6.87. The molecule has 0 spiro atoms. The van der Waals surface area contributed by atoms with Crippen molar-refractivity contribution in [1.82, 2.24) is 15.5 Å². The van der Waals surface area contributed by atoms with Gasteiger partial charge in [0.05, 0.1) is 0 Å². The first-order chi connectivity index (χ1) is 24.5. The number of carbonyl (C=O) groups is 3. The molecule has 0 atom stereocenters. The van der Waals surface area contributed by atoms with Gasteiger partial charge in [0.25, 0.3) is 11.8 Å². The number of rotatable bonds is 11. The third-order valence-corrected chi connectivity index (χ3v) is 11.8. The normalized spacial score (nSPS) is 17.8. The number of fused-ring (bicyclic) bond motifs is 1. The van der Waals surface area contributed by atoms with Gasteiger partial charge in [-0.15, -0.1) is 11.3 Å². The van der Waals surface area contributed by atoms with Crippen molar-refractivity contribution in [1.29, 1.82) is 0 Å². The Hall–Kier alpha value is -4.01. The molecule has 2 N–H and O–H groups in total. The molecule has 3 aromatic carbocycles. The van der Waals surface area contributed by atoms with Crippen LogP contribution in [-0.4, -0.2) is 60.8 Å². The number of nitrogens with one attached hydrogen (secondary N) is 2. The molecule has 2 heterocycles. The molecule has 2 aliphatic carbocycles. The molecule has 1 aromatic heterocycles. The largest absolute Gasteiger partial charge is 0.492 e. The zero-order valence-electron chi connectivity index (χ0n) is 28.9. The smallest absolute Gasteiger partial charge is 0.251 e. The fourth-order valence-corrected chi connectivity index (χ4v) is 8.92. The number of ether oxygens (including phenoxy) is 1. The van der Waals surface area contributed by atoms with Crippen LogP contribution in [0.4, 0.5) is 0 Å². The summed E-state index contributed by atoms with van der Waals surface area (Å²) in [5.41, 5.74) is 3.13. The molecule has 4 aromatic rings. The van der Waals surface area contributed by atoms with Gasteiger partial charge in [0.2, 0.25) is 0 Å². The van der Waals surface area contributed by atoms with Crippen LogP contribution in [0.25, 0.3) is 20.5 Å². The number of thiophene rings is 1. The lowest BCUT2D eigenvalue weighted by Crippen LogP contribution is -2.36. The second-order valence-corrected chi connectivity index (χ2v) is 15.3. The zero-order chi connectivity index (χ0) is 34.3. The summed E-state index contributed by atoms with van der Waals surface area (Å²) >= 11 is 1.49. The van der Waals surface area contributed by atoms with Gasteiger partial charge in [0.1, 0.15) is 12.4 Å². The van der Waals surface area contributed by atoms with Gasteiger partial charge in [-0.25, -0.2) is 0 Å². The third kappa shape index (κ3) is 8.30. The van der Waals surface area contributed by atoms with Crippen molar-refractivity contribution < 1.29 is 19.1 Å². The van der Waals surface area contributed by atoms with E-state index < -0.39 is 0 Å². The van der Waals surface area contributed by atoms with E-state index in [0.29, 0.717) is 34.2 Å². The number of carbonyl (C=O) groups excluding carboxylic acids is 3. The van der Waals surface area contributed by atoms with E-state index in [-0.39, 0.29) is 29.7 Å². The molecule has 0 bridgehead atoms. The fourth-order valence-electron chi connectivity index (χ4n) is 7.70. The van der Waals surface area contributed by atoms with E-state index in [1.807, 2.05) is 54.6 Å². The lowest BCUT2D eigenvalue weighted by atomic mass is 9.94. The minimum Gasteiger partial charge on any atom is -0.492 e. The van der Waals surface area contributed by atoms with Gasteiger partial charge in [-0.1, -0.05) is 57.1 Å². The van der Waals surface area contributed by atoms with Gasteiger partial charge >= 0.3 is 0 Å². The van der Waals surface area contributed by atoms with Crippen LogP contribution in [0.5, 0.6) is 5.75 Å². The number of piperidine rings is 1. The summed E-state index contributed by atoms with van der Waals surface area (Å²) in [5.74, 6) is 0.482. The third-order valence-electron chi connectivity index (χ3n) is 10.6. The molecule has 3 aliphatic rings. The molecule has 0 unspecified atom stereocenters. The molecule has 7 rings (SSSR count). The molecule has 8 heteroatoms. The Morgan fingerprint density at radius 3 is 1.94 bits per heavy atom. The van der Waals surface area contributed by atoms with Gasteiger partial charge in [0, 0.05) is 55.8 Å². The topological polar surface area (TPSA) is 87.7 Å². The van der Waals surface area contributed by atoms with E-state index in [0.717, 1.165) is 91.9 Å². The number of nitrogens with zero attached hydrogens (tertiary/aromatic N) is 1. The highest BCUT2D eigenvalue weighted by molar-refractivity contribution is 7.22. The Balaban J connectivity index is 1.14. The molecule has 1 saturated heterocycles. The lowest BCUT2D eigenvalue weighted by molar-refractivity contribution is 0.0919. The summed E-state index contributed by atoms with van der Waals surface area (Å²) in [7, 11) is 0. The van der Waals surface area contributed by atoms with Crippen LogP contribution in [-0.2, 0) is 0 Å². The van der Waals surface area contributed by atoms with E-state index in [1.54, 1.807) is 6.07 Å². The zero-order valence-corrected chi connectivity index (χ0v) is 29.8. The Morgan fingerprint density at radius 2 is 1.30 bits per heavy atom. The number of amides is 2. The standard InChI is InChI=1S/C42H48N3O4S/c46-39(29-18-21-35(22-19-29)49-27-26-45-24-8-3-9-25-45)38-36-23-20-32(42(48)44-34-12-6-2-7-13-34)28-37(36)50-40(38)30-14-16-31(17-15-30)41(47)43-33-10-4-1-5-11-33/h14-22,28,33-34H,1-13,24-27H2,(H,43,47)(H,44,48). The number of benzene rings is 3. The van der Waals surface area contributed by atoms with Crippen molar-refractivity contribution in [2.75, 3.05) is 26.2 Å². The van der Waals surface area contributed by atoms with Crippen LogP contribution in [0.1, 0.15) is 120 Å². The van der Waals surface area contributed by atoms with Crippen molar-refractivity contribution in [2.24, 2.45) is 0 Å². The van der Waals surface area contributed by atoms with Crippen LogP contribution in [0.3, 0.4) is 0 Å². The molecular formula is C42H48N3O4S. The van der Waals surface area contributed by atoms with Crippen molar-refractivity contribution >= 4 is 39.0 Å². The molecule has 1 radical (unpaired) electrons. The average Bonchev–Trinajstić information content (AvgIpc) is 3.55. The Morgan fingerprint density at radius 1 is 0.720 bits per heavy atom. The van der Waals surface area contributed by atoms with E-state index in [2.05, 4.69) is 21.6 Å². The molecular weight excluding hydrogens is 643 g/mol. The summed E-state index contributed by atoms with van der Waals surface area (Å²) in [4.78, 5) is 43.9. The predicted molar refractivity (Wildman–Crippen MR) is 200 cm³/mol. The number of ketones is 1. The molecule has 7 nitrogen and oxygen atoms in total. The minimum absolute atomic E-state index is 0.0590. The number of hydrogen-bond donors (Lipinski definition) is 2. The van der Waals surface area contributed by atoms with Crippen LogP contribution in [0.2, 0.25) is 0 Å². The van der Waals surface area contributed by atoms with E-state index >= 15 is 0 Å². The maximum Gasteiger partial charge on any atom is 0.251 e. The van der Waals surface area contributed by atoms with Crippen LogP contribution in [0.15, 0.2) is 60.7 Å².